The Bertz CT molecular complexity index is 1060. The molecule has 0 aliphatic heterocycles. The fraction of sp³-hybridized carbons (Fsp3) is 0.0526. The summed E-state index contributed by atoms with van der Waals surface area (Å²) in [4.78, 5) is 21.0. The molecule has 4 rings (SSSR count). The van der Waals surface area contributed by atoms with Gasteiger partial charge in [-0.1, -0.05) is 30.3 Å². The molecule has 3 aromatic heterocycles. The van der Waals surface area contributed by atoms with Crippen LogP contribution in [0.5, 0.6) is 0 Å². The normalized spacial score (nSPS) is 10.8. The van der Waals surface area contributed by atoms with Crippen molar-refractivity contribution in [2.24, 2.45) is 0 Å². The van der Waals surface area contributed by atoms with Crippen LogP contribution in [0.2, 0.25) is 0 Å². The Labute approximate surface area is 158 Å². The molecule has 0 bridgehead atoms. The van der Waals surface area contributed by atoms with E-state index >= 15 is 0 Å². The van der Waals surface area contributed by atoms with E-state index in [1.807, 2.05) is 41.1 Å². The van der Waals surface area contributed by atoms with E-state index in [1.165, 1.54) is 0 Å². The molecule has 0 radical (unpaired) electrons. The van der Waals surface area contributed by atoms with Crippen LogP contribution in [0.4, 0.5) is 5.82 Å². The van der Waals surface area contributed by atoms with Crippen LogP contribution >= 0.6 is 15.9 Å². The monoisotopic (exact) mass is 407 g/mol. The number of carbonyl (C=O) groups excluding carboxylic acids is 1. The zero-order chi connectivity index (χ0) is 17.9. The van der Waals surface area contributed by atoms with E-state index in [0.29, 0.717) is 17.9 Å². The summed E-state index contributed by atoms with van der Waals surface area (Å²) < 4.78 is 2.67. The van der Waals surface area contributed by atoms with Crippen molar-refractivity contribution in [3.05, 3.63) is 82.7 Å². The summed E-state index contributed by atoms with van der Waals surface area (Å²) in [5, 5.41) is 7.97. The third kappa shape index (κ3) is 3.48. The Morgan fingerprint density at radius 3 is 2.65 bits per heavy atom. The Morgan fingerprint density at radius 1 is 1.04 bits per heavy atom. The Kier molecular flexibility index (Phi) is 4.45. The highest BCUT2D eigenvalue weighted by Crippen LogP contribution is 2.16. The van der Waals surface area contributed by atoms with Gasteiger partial charge in [-0.15, -0.1) is 0 Å². The summed E-state index contributed by atoms with van der Waals surface area (Å²) in [7, 11) is 0. The predicted octanol–water partition coefficient (Wildman–Crippen LogP) is 3.89. The minimum absolute atomic E-state index is 0.259. The number of amides is 1. The fourth-order valence-electron chi connectivity index (χ4n) is 2.61. The number of rotatable bonds is 4. The maximum Gasteiger partial charge on any atom is 0.258 e. The van der Waals surface area contributed by atoms with Gasteiger partial charge in [-0.3, -0.25) is 4.79 Å². The molecule has 0 saturated heterocycles. The number of benzene rings is 1. The highest BCUT2D eigenvalue weighted by molar-refractivity contribution is 9.10. The van der Waals surface area contributed by atoms with Gasteiger partial charge in [0.2, 0.25) is 0 Å². The molecule has 0 aliphatic rings. The van der Waals surface area contributed by atoms with Crippen molar-refractivity contribution in [3.8, 4) is 0 Å². The van der Waals surface area contributed by atoms with E-state index in [0.717, 1.165) is 21.1 Å². The molecule has 0 aliphatic carbocycles. The molecule has 0 unspecified atom stereocenters. The molecule has 6 nitrogen and oxygen atoms in total. The van der Waals surface area contributed by atoms with E-state index in [2.05, 4.69) is 36.3 Å². The third-order valence-electron chi connectivity index (χ3n) is 3.88. The molecule has 7 heteroatoms. The van der Waals surface area contributed by atoms with Crippen LogP contribution in [0.25, 0.3) is 11.0 Å². The van der Waals surface area contributed by atoms with E-state index in [-0.39, 0.29) is 5.91 Å². The Morgan fingerprint density at radius 2 is 1.88 bits per heavy atom. The lowest BCUT2D eigenvalue weighted by atomic mass is 10.2. The van der Waals surface area contributed by atoms with E-state index in [4.69, 9.17) is 0 Å². The zero-order valence-electron chi connectivity index (χ0n) is 13.6. The molecule has 26 heavy (non-hydrogen) atoms. The van der Waals surface area contributed by atoms with Crippen LogP contribution in [0.3, 0.4) is 0 Å². The van der Waals surface area contributed by atoms with Gasteiger partial charge < -0.3 is 5.32 Å². The van der Waals surface area contributed by atoms with Gasteiger partial charge in [0.05, 0.1) is 18.3 Å². The van der Waals surface area contributed by atoms with Crippen molar-refractivity contribution >= 4 is 38.7 Å². The van der Waals surface area contributed by atoms with Gasteiger partial charge in [-0.2, -0.15) is 5.10 Å². The molecule has 0 saturated carbocycles. The molecular formula is C19H14BrN5O. The number of pyridine rings is 2. The first-order valence-electron chi connectivity index (χ1n) is 7.97. The second-order valence-corrected chi connectivity index (χ2v) is 6.66. The predicted molar refractivity (Wildman–Crippen MR) is 103 cm³/mol. The van der Waals surface area contributed by atoms with Crippen LogP contribution < -0.4 is 5.32 Å². The topological polar surface area (TPSA) is 72.7 Å². The lowest BCUT2D eigenvalue weighted by Crippen LogP contribution is -2.13. The van der Waals surface area contributed by atoms with Gasteiger partial charge in [0.1, 0.15) is 5.82 Å². The van der Waals surface area contributed by atoms with Gasteiger partial charge >= 0.3 is 0 Å². The first-order chi connectivity index (χ1) is 12.7. The number of hydrogen-bond acceptors (Lipinski definition) is 4. The minimum atomic E-state index is -0.259. The van der Waals surface area contributed by atoms with Crippen LogP contribution in [-0.4, -0.2) is 25.7 Å². The number of hydrogen-bond donors (Lipinski definition) is 1. The summed E-state index contributed by atoms with van der Waals surface area (Å²) >= 11 is 3.32. The van der Waals surface area contributed by atoms with Crippen molar-refractivity contribution in [1.29, 1.82) is 0 Å². The summed E-state index contributed by atoms with van der Waals surface area (Å²) in [6.45, 7) is 0.631. The lowest BCUT2D eigenvalue weighted by molar-refractivity contribution is 0.102. The molecule has 1 amide bonds. The number of nitrogens with zero attached hydrogens (tertiary/aromatic N) is 4. The Balaban J connectivity index is 1.56. The number of aromatic nitrogens is 4. The van der Waals surface area contributed by atoms with Gasteiger partial charge in [-0.25, -0.2) is 14.6 Å². The number of halogens is 1. The van der Waals surface area contributed by atoms with Gasteiger partial charge in [0.15, 0.2) is 5.65 Å². The van der Waals surface area contributed by atoms with Crippen molar-refractivity contribution < 1.29 is 4.79 Å². The van der Waals surface area contributed by atoms with Crippen LogP contribution in [0, 0.1) is 0 Å². The van der Waals surface area contributed by atoms with Crippen LogP contribution in [0.1, 0.15) is 15.9 Å². The molecule has 0 atom stereocenters. The van der Waals surface area contributed by atoms with Crippen molar-refractivity contribution in [2.75, 3.05) is 5.32 Å². The SMILES string of the molecule is O=C(Nc1ccc(Br)cn1)c1cnc2c(cnn2Cc2ccccc2)c1. The second-order valence-electron chi connectivity index (χ2n) is 5.74. The summed E-state index contributed by atoms with van der Waals surface area (Å²) in [6, 6.07) is 15.4. The summed E-state index contributed by atoms with van der Waals surface area (Å²) in [5.74, 6) is 0.225. The molecule has 4 aromatic rings. The second kappa shape index (κ2) is 7.05. The maximum atomic E-state index is 12.4. The van der Waals surface area contributed by atoms with E-state index in [1.54, 1.807) is 30.7 Å². The minimum Gasteiger partial charge on any atom is -0.307 e. The van der Waals surface area contributed by atoms with Crippen molar-refractivity contribution in [1.82, 2.24) is 19.7 Å². The smallest absolute Gasteiger partial charge is 0.258 e. The van der Waals surface area contributed by atoms with Gasteiger partial charge in [-0.05, 0) is 39.7 Å². The van der Waals surface area contributed by atoms with E-state index < -0.39 is 0 Å². The molecule has 0 spiro atoms. The van der Waals surface area contributed by atoms with Gasteiger partial charge in [0.25, 0.3) is 5.91 Å². The zero-order valence-corrected chi connectivity index (χ0v) is 15.2. The number of fused-ring (bicyclic) bond motifs is 1. The summed E-state index contributed by atoms with van der Waals surface area (Å²) in [6.07, 6.45) is 4.91. The fourth-order valence-corrected chi connectivity index (χ4v) is 2.84. The largest absolute Gasteiger partial charge is 0.307 e. The molecule has 1 aromatic carbocycles. The number of anilines is 1. The van der Waals surface area contributed by atoms with Gasteiger partial charge in [0, 0.05) is 22.3 Å². The molecule has 0 fully saturated rings. The van der Waals surface area contributed by atoms with Crippen LogP contribution in [0.15, 0.2) is 71.6 Å². The molecule has 128 valence electrons. The summed E-state index contributed by atoms with van der Waals surface area (Å²) in [5.41, 5.74) is 2.34. The van der Waals surface area contributed by atoms with E-state index in [9.17, 15) is 4.79 Å². The highest BCUT2D eigenvalue weighted by Gasteiger charge is 2.11. The first-order valence-corrected chi connectivity index (χ1v) is 8.77. The molecule has 3 heterocycles. The highest BCUT2D eigenvalue weighted by atomic mass is 79.9. The third-order valence-corrected chi connectivity index (χ3v) is 4.35. The van der Waals surface area contributed by atoms with Crippen LogP contribution in [-0.2, 0) is 6.54 Å². The maximum absolute atomic E-state index is 12.4. The molecular weight excluding hydrogens is 394 g/mol. The number of carbonyl (C=O) groups is 1. The quantitative estimate of drug-likeness (QED) is 0.556. The van der Waals surface area contributed by atoms with Crippen molar-refractivity contribution in [3.63, 3.8) is 0 Å². The average molecular weight is 408 g/mol. The van der Waals surface area contributed by atoms with Crippen molar-refractivity contribution in [2.45, 2.75) is 6.54 Å². The number of nitrogens with one attached hydrogen (secondary N) is 1. The standard InChI is InChI=1S/C19H14BrN5O/c20-16-6-7-17(21-11-16)24-19(26)15-8-14-10-23-25(18(14)22-9-15)12-13-4-2-1-3-5-13/h1-11H,12H2,(H,21,24,26). The average Bonchev–Trinajstić information content (AvgIpc) is 3.06. The molecule has 1 N–H and O–H groups in total. The first kappa shape index (κ1) is 16.4. The lowest BCUT2D eigenvalue weighted by Gasteiger charge is -2.05. The Hall–Kier alpha value is -3.06.